The van der Waals surface area contributed by atoms with Gasteiger partial charge in [0, 0.05) is 12.6 Å². The maximum Gasteiger partial charge on any atom is 0.0208 e. The van der Waals surface area contributed by atoms with E-state index in [9.17, 15) is 0 Å². The average molecular weight is 217 g/mol. The van der Waals surface area contributed by atoms with Crippen molar-refractivity contribution < 1.29 is 0 Å². The van der Waals surface area contributed by atoms with E-state index in [1.54, 1.807) is 0 Å². The fourth-order valence-corrected chi connectivity index (χ4v) is 2.71. The molecule has 1 saturated carbocycles. The van der Waals surface area contributed by atoms with Gasteiger partial charge in [-0.3, -0.25) is 0 Å². The minimum absolute atomic E-state index is 0.465. The van der Waals surface area contributed by atoms with Gasteiger partial charge in [0.15, 0.2) is 0 Å². The van der Waals surface area contributed by atoms with E-state index in [2.05, 4.69) is 49.5 Å². The molecule has 0 spiro atoms. The second-order valence-corrected chi connectivity index (χ2v) is 5.65. The highest BCUT2D eigenvalue weighted by Crippen LogP contribution is 2.35. The Kier molecular flexibility index (Phi) is 3.65. The molecule has 0 heterocycles. The summed E-state index contributed by atoms with van der Waals surface area (Å²) >= 11 is 0. The molecule has 1 fully saturated rings. The summed E-state index contributed by atoms with van der Waals surface area (Å²) in [6.07, 6.45) is 5.48. The minimum Gasteiger partial charge on any atom is -0.309 e. The zero-order valence-electron chi connectivity index (χ0n) is 10.5. The second-order valence-electron chi connectivity index (χ2n) is 5.65. The minimum atomic E-state index is 0.465. The van der Waals surface area contributed by atoms with Gasteiger partial charge in [-0.15, -0.1) is 0 Å². The van der Waals surface area contributed by atoms with Crippen LogP contribution in [0.15, 0.2) is 30.3 Å². The van der Waals surface area contributed by atoms with Crippen molar-refractivity contribution in [1.29, 1.82) is 0 Å². The van der Waals surface area contributed by atoms with Gasteiger partial charge in [-0.25, -0.2) is 0 Å². The smallest absolute Gasteiger partial charge is 0.0208 e. The van der Waals surface area contributed by atoms with Crippen molar-refractivity contribution in [3.05, 3.63) is 35.9 Å². The molecule has 16 heavy (non-hydrogen) atoms. The third kappa shape index (κ3) is 2.85. The molecule has 1 aliphatic rings. The second kappa shape index (κ2) is 5.01. The zero-order chi connectivity index (χ0) is 11.4. The Morgan fingerprint density at radius 1 is 1.19 bits per heavy atom. The molecule has 0 unspecified atom stereocenters. The van der Waals surface area contributed by atoms with Crippen molar-refractivity contribution in [3.8, 4) is 0 Å². The largest absolute Gasteiger partial charge is 0.309 e. The van der Waals surface area contributed by atoms with E-state index in [1.807, 2.05) is 0 Å². The first-order valence-corrected chi connectivity index (χ1v) is 6.46. The van der Waals surface area contributed by atoms with Crippen LogP contribution in [0.2, 0.25) is 0 Å². The van der Waals surface area contributed by atoms with Gasteiger partial charge in [0.05, 0.1) is 0 Å². The Morgan fingerprint density at radius 2 is 1.94 bits per heavy atom. The molecule has 1 heteroatoms. The topological polar surface area (TPSA) is 12.0 Å². The summed E-state index contributed by atoms with van der Waals surface area (Å²) in [4.78, 5) is 0. The van der Waals surface area contributed by atoms with Gasteiger partial charge in [0.25, 0.3) is 0 Å². The lowest BCUT2D eigenvalue weighted by atomic mass is 9.73. The van der Waals surface area contributed by atoms with Crippen LogP contribution in [-0.2, 0) is 6.54 Å². The van der Waals surface area contributed by atoms with Crippen molar-refractivity contribution in [3.63, 3.8) is 0 Å². The van der Waals surface area contributed by atoms with E-state index in [0.29, 0.717) is 11.5 Å². The Balaban J connectivity index is 1.90. The molecule has 0 radical (unpaired) electrons. The van der Waals surface area contributed by atoms with E-state index >= 15 is 0 Å². The predicted octanol–water partition coefficient (Wildman–Crippen LogP) is 3.75. The summed E-state index contributed by atoms with van der Waals surface area (Å²) in [5.41, 5.74) is 1.86. The molecule has 1 N–H and O–H groups in total. The molecule has 1 aliphatic carbocycles. The first-order chi connectivity index (χ1) is 7.68. The Bertz CT molecular complexity index is 315. The first kappa shape index (κ1) is 11.7. The predicted molar refractivity (Wildman–Crippen MR) is 69.3 cm³/mol. The standard InChI is InChI=1S/C15H23N/c1-15(2)11-7-6-10-14(15)16-12-13-8-4-3-5-9-13/h3-5,8-9,14,16H,6-7,10-12H2,1-2H3/t14-/m0/s1. The van der Waals surface area contributed by atoms with Gasteiger partial charge in [-0.05, 0) is 23.8 Å². The summed E-state index contributed by atoms with van der Waals surface area (Å²) in [7, 11) is 0. The lowest BCUT2D eigenvalue weighted by molar-refractivity contribution is 0.167. The maximum absolute atomic E-state index is 3.73. The number of benzene rings is 1. The van der Waals surface area contributed by atoms with Crippen LogP contribution in [-0.4, -0.2) is 6.04 Å². The molecule has 0 amide bonds. The molecule has 0 aliphatic heterocycles. The van der Waals surface area contributed by atoms with E-state index in [-0.39, 0.29) is 0 Å². The molecule has 1 aromatic carbocycles. The fourth-order valence-electron chi connectivity index (χ4n) is 2.71. The van der Waals surface area contributed by atoms with Gasteiger partial charge in [0.1, 0.15) is 0 Å². The number of nitrogens with one attached hydrogen (secondary N) is 1. The van der Waals surface area contributed by atoms with Crippen molar-refractivity contribution in [2.45, 2.75) is 52.1 Å². The van der Waals surface area contributed by atoms with E-state index in [1.165, 1.54) is 31.2 Å². The van der Waals surface area contributed by atoms with Gasteiger partial charge < -0.3 is 5.32 Å². The van der Waals surface area contributed by atoms with Gasteiger partial charge in [-0.2, -0.15) is 0 Å². The van der Waals surface area contributed by atoms with E-state index in [0.717, 1.165) is 6.54 Å². The molecule has 88 valence electrons. The van der Waals surface area contributed by atoms with Crippen LogP contribution in [0.3, 0.4) is 0 Å². The lowest BCUT2D eigenvalue weighted by Crippen LogP contribution is -2.43. The normalized spacial score (nSPS) is 24.2. The summed E-state index contributed by atoms with van der Waals surface area (Å²) in [6, 6.07) is 11.4. The molecular formula is C15H23N. The molecular weight excluding hydrogens is 194 g/mol. The molecule has 1 aromatic rings. The summed E-state index contributed by atoms with van der Waals surface area (Å²) in [5.74, 6) is 0. The molecule has 0 aromatic heterocycles. The zero-order valence-corrected chi connectivity index (χ0v) is 10.5. The van der Waals surface area contributed by atoms with Crippen LogP contribution >= 0.6 is 0 Å². The fraction of sp³-hybridized carbons (Fsp3) is 0.600. The highest BCUT2D eigenvalue weighted by molar-refractivity contribution is 5.14. The van der Waals surface area contributed by atoms with Gasteiger partial charge in [0.2, 0.25) is 0 Å². The van der Waals surface area contributed by atoms with Crippen LogP contribution in [0.5, 0.6) is 0 Å². The summed E-state index contributed by atoms with van der Waals surface area (Å²) in [5, 5.41) is 3.73. The number of hydrogen-bond donors (Lipinski definition) is 1. The average Bonchev–Trinajstić information content (AvgIpc) is 2.28. The molecule has 2 rings (SSSR count). The van der Waals surface area contributed by atoms with Gasteiger partial charge in [-0.1, -0.05) is 57.0 Å². The van der Waals surface area contributed by atoms with Crippen LogP contribution in [0.4, 0.5) is 0 Å². The highest BCUT2D eigenvalue weighted by Gasteiger charge is 2.31. The van der Waals surface area contributed by atoms with Crippen molar-refractivity contribution in [1.82, 2.24) is 5.32 Å². The van der Waals surface area contributed by atoms with Crippen molar-refractivity contribution in [2.24, 2.45) is 5.41 Å². The van der Waals surface area contributed by atoms with Crippen LogP contribution in [0, 0.1) is 5.41 Å². The lowest BCUT2D eigenvalue weighted by Gasteiger charge is -2.39. The highest BCUT2D eigenvalue weighted by atomic mass is 14.9. The van der Waals surface area contributed by atoms with Crippen LogP contribution < -0.4 is 5.32 Å². The van der Waals surface area contributed by atoms with Crippen molar-refractivity contribution in [2.75, 3.05) is 0 Å². The Morgan fingerprint density at radius 3 is 2.62 bits per heavy atom. The third-order valence-corrected chi connectivity index (χ3v) is 3.90. The summed E-state index contributed by atoms with van der Waals surface area (Å²) in [6.45, 7) is 5.80. The van der Waals surface area contributed by atoms with Crippen molar-refractivity contribution >= 4 is 0 Å². The first-order valence-electron chi connectivity index (χ1n) is 6.46. The third-order valence-electron chi connectivity index (χ3n) is 3.90. The summed E-state index contributed by atoms with van der Waals surface area (Å²) < 4.78 is 0. The number of hydrogen-bond acceptors (Lipinski definition) is 1. The van der Waals surface area contributed by atoms with Crippen LogP contribution in [0.1, 0.15) is 45.1 Å². The maximum atomic E-state index is 3.73. The molecule has 0 bridgehead atoms. The molecule has 1 nitrogen and oxygen atoms in total. The molecule has 1 atom stereocenters. The van der Waals surface area contributed by atoms with E-state index < -0.39 is 0 Å². The van der Waals surface area contributed by atoms with Crippen LogP contribution in [0.25, 0.3) is 0 Å². The monoisotopic (exact) mass is 217 g/mol. The SMILES string of the molecule is CC1(C)CCCC[C@@H]1NCc1ccccc1. The number of rotatable bonds is 3. The Hall–Kier alpha value is -0.820. The van der Waals surface area contributed by atoms with Gasteiger partial charge >= 0.3 is 0 Å². The molecule has 0 saturated heterocycles. The Labute approximate surface area is 99.3 Å². The van der Waals surface area contributed by atoms with E-state index in [4.69, 9.17) is 0 Å². The quantitative estimate of drug-likeness (QED) is 0.813.